The molecule has 0 fully saturated rings. The van der Waals surface area contributed by atoms with Crippen LogP contribution in [-0.4, -0.2) is 45.7 Å². The number of aromatic nitrogens is 2. The number of hydrogen-bond acceptors (Lipinski definition) is 3. The molecule has 5 nitrogen and oxygen atoms in total. The maximum atomic E-state index is 11.2. The van der Waals surface area contributed by atoms with E-state index in [0.29, 0.717) is 13.1 Å². The fourth-order valence-corrected chi connectivity index (χ4v) is 1.69. The van der Waals surface area contributed by atoms with Crippen molar-refractivity contribution in [3.8, 4) is 0 Å². The van der Waals surface area contributed by atoms with Gasteiger partial charge in [-0.15, -0.1) is 0 Å². The van der Waals surface area contributed by atoms with E-state index in [1.165, 1.54) is 4.90 Å². The number of carbonyl (C=O) groups excluding carboxylic acids is 1. The van der Waals surface area contributed by atoms with E-state index in [1.54, 1.807) is 13.4 Å². The molecule has 0 aliphatic rings. The molecule has 2 rings (SSSR count). The second-order valence-electron chi connectivity index (χ2n) is 3.90. The van der Waals surface area contributed by atoms with Gasteiger partial charge in [0.2, 0.25) is 5.91 Å². The SMILES string of the molecule is CN(CCn1cnc2ccccc21)C(=O)CO. The molecule has 1 aromatic carbocycles. The average Bonchev–Trinajstić information content (AvgIpc) is 2.78. The largest absolute Gasteiger partial charge is 0.387 e. The minimum atomic E-state index is -0.443. The van der Waals surface area contributed by atoms with Crippen LogP contribution in [0, 0.1) is 0 Å². The number of likely N-dealkylation sites (N-methyl/N-ethyl adjacent to an activating group) is 1. The van der Waals surface area contributed by atoms with Crippen molar-refractivity contribution >= 4 is 16.9 Å². The van der Waals surface area contributed by atoms with Gasteiger partial charge in [-0.3, -0.25) is 4.79 Å². The summed E-state index contributed by atoms with van der Waals surface area (Å²) < 4.78 is 2.00. The molecule has 90 valence electrons. The quantitative estimate of drug-likeness (QED) is 0.836. The molecular weight excluding hydrogens is 218 g/mol. The van der Waals surface area contributed by atoms with Crippen molar-refractivity contribution in [2.24, 2.45) is 0 Å². The maximum absolute atomic E-state index is 11.2. The van der Waals surface area contributed by atoms with Crippen molar-refractivity contribution in [3.05, 3.63) is 30.6 Å². The Kier molecular flexibility index (Phi) is 3.39. The molecule has 0 spiro atoms. The number of imidazole rings is 1. The summed E-state index contributed by atoms with van der Waals surface area (Å²) in [5.41, 5.74) is 2.00. The van der Waals surface area contributed by atoms with Crippen molar-refractivity contribution in [2.75, 3.05) is 20.2 Å². The van der Waals surface area contributed by atoms with E-state index in [4.69, 9.17) is 5.11 Å². The molecule has 2 aromatic rings. The fraction of sp³-hybridized carbons (Fsp3) is 0.333. The molecule has 0 radical (unpaired) electrons. The van der Waals surface area contributed by atoms with Crippen LogP contribution >= 0.6 is 0 Å². The van der Waals surface area contributed by atoms with Gasteiger partial charge in [0.1, 0.15) is 6.61 Å². The number of para-hydroxylation sites is 2. The van der Waals surface area contributed by atoms with E-state index in [0.717, 1.165) is 11.0 Å². The minimum Gasteiger partial charge on any atom is -0.387 e. The van der Waals surface area contributed by atoms with Gasteiger partial charge in [0.05, 0.1) is 17.4 Å². The van der Waals surface area contributed by atoms with Gasteiger partial charge in [-0.1, -0.05) is 12.1 Å². The molecule has 1 heterocycles. The first-order valence-electron chi connectivity index (χ1n) is 5.47. The second kappa shape index (κ2) is 4.97. The lowest BCUT2D eigenvalue weighted by molar-refractivity contribution is -0.132. The van der Waals surface area contributed by atoms with E-state index >= 15 is 0 Å². The van der Waals surface area contributed by atoms with Crippen molar-refractivity contribution in [1.82, 2.24) is 14.5 Å². The predicted molar refractivity (Wildman–Crippen MR) is 64.5 cm³/mol. The number of carbonyl (C=O) groups is 1. The van der Waals surface area contributed by atoms with Crippen LogP contribution < -0.4 is 0 Å². The van der Waals surface area contributed by atoms with Crippen LogP contribution in [0.1, 0.15) is 0 Å². The van der Waals surface area contributed by atoms with Gasteiger partial charge in [-0.25, -0.2) is 4.98 Å². The molecular formula is C12H15N3O2. The molecule has 0 saturated heterocycles. The standard InChI is InChI=1S/C12H15N3O2/c1-14(12(17)8-16)6-7-15-9-13-10-4-2-3-5-11(10)15/h2-5,9,16H,6-8H2,1H3. The van der Waals surface area contributed by atoms with Crippen molar-refractivity contribution in [2.45, 2.75) is 6.54 Å². The molecule has 0 aliphatic heterocycles. The molecule has 1 aromatic heterocycles. The van der Waals surface area contributed by atoms with Gasteiger partial charge >= 0.3 is 0 Å². The summed E-state index contributed by atoms with van der Waals surface area (Å²) in [5, 5.41) is 8.72. The highest BCUT2D eigenvalue weighted by molar-refractivity contribution is 5.77. The number of nitrogens with zero attached hydrogens (tertiary/aromatic N) is 3. The molecule has 1 N–H and O–H groups in total. The van der Waals surface area contributed by atoms with Crippen LogP contribution in [-0.2, 0) is 11.3 Å². The molecule has 17 heavy (non-hydrogen) atoms. The molecule has 0 unspecified atom stereocenters. The summed E-state index contributed by atoms with van der Waals surface area (Å²) in [6.07, 6.45) is 1.77. The summed E-state index contributed by atoms with van der Waals surface area (Å²) in [6, 6.07) is 7.86. The Morgan fingerprint density at radius 2 is 2.24 bits per heavy atom. The fourth-order valence-electron chi connectivity index (χ4n) is 1.69. The number of rotatable bonds is 4. The Morgan fingerprint density at radius 1 is 1.47 bits per heavy atom. The highest BCUT2D eigenvalue weighted by Gasteiger charge is 2.07. The molecule has 5 heteroatoms. The van der Waals surface area contributed by atoms with E-state index in [1.807, 2.05) is 28.8 Å². The van der Waals surface area contributed by atoms with Gasteiger partial charge in [0.15, 0.2) is 0 Å². The predicted octanol–water partition coefficient (Wildman–Crippen LogP) is 0.487. The molecule has 1 amide bonds. The lowest BCUT2D eigenvalue weighted by atomic mass is 10.3. The van der Waals surface area contributed by atoms with Gasteiger partial charge in [0, 0.05) is 20.1 Å². The minimum absolute atomic E-state index is 0.269. The van der Waals surface area contributed by atoms with Crippen molar-refractivity contribution in [1.29, 1.82) is 0 Å². The van der Waals surface area contributed by atoms with Crippen LogP contribution in [0.25, 0.3) is 11.0 Å². The van der Waals surface area contributed by atoms with E-state index < -0.39 is 6.61 Å². The lowest BCUT2D eigenvalue weighted by Gasteiger charge is -2.16. The zero-order valence-corrected chi connectivity index (χ0v) is 9.71. The Morgan fingerprint density at radius 3 is 3.00 bits per heavy atom. The molecule has 0 saturated carbocycles. The van der Waals surface area contributed by atoms with E-state index in [2.05, 4.69) is 4.98 Å². The van der Waals surface area contributed by atoms with Gasteiger partial charge in [-0.2, -0.15) is 0 Å². The summed E-state index contributed by atoms with van der Waals surface area (Å²) >= 11 is 0. The third kappa shape index (κ3) is 2.45. The third-order valence-electron chi connectivity index (χ3n) is 2.76. The lowest BCUT2D eigenvalue weighted by Crippen LogP contribution is -2.32. The van der Waals surface area contributed by atoms with Crippen LogP contribution in [0.5, 0.6) is 0 Å². The van der Waals surface area contributed by atoms with E-state index in [-0.39, 0.29) is 5.91 Å². The summed E-state index contributed by atoms with van der Waals surface area (Å²) in [7, 11) is 1.68. The molecule has 0 bridgehead atoms. The third-order valence-corrected chi connectivity index (χ3v) is 2.76. The van der Waals surface area contributed by atoms with E-state index in [9.17, 15) is 4.79 Å². The molecule has 0 atom stereocenters. The van der Waals surface area contributed by atoms with Crippen LogP contribution in [0.15, 0.2) is 30.6 Å². The summed E-state index contributed by atoms with van der Waals surface area (Å²) in [6.45, 7) is 0.781. The average molecular weight is 233 g/mol. The highest BCUT2D eigenvalue weighted by Crippen LogP contribution is 2.11. The van der Waals surface area contributed by atoms with Gasteiger partial charge < -0.3 is 14.6 Å². The number of hydrogen-bond donors (Lipinski definition) is 1. The van der Waals surface area contributed by atoms with Crippen LogP contribution in [0.3, 0.4) is 0 Å². The first kappa shape index (κ1) is 11.6. The van der Waals surface area contributed by atoms with Crippen molar-refractivity contribution in [3.63, 3.8) is 0 Å². The number of aliphatic hydroxyl groups excluding tert-OH is 1. The normalized spacial score (nSPS) is 10.7. The Labute approximate surface area is 99.3 Å². The Hall–Kier alpha value is -1.88. The van der Waals surface area contributed by atoms with Crippen LogP contribution in [0.4, 0.5) is 0 Å². The first-order valence-corrected chi connectivity index (χ1v) is 5.47. The number of benzene rings is 1. The zero-order chi connectivity index (χ0) is 12.3. The van der Waals surface area contributed by atoms with Gasteiger partial charge in [-0.05, 0) is 12.1 Å². The zero-order valence-electron chi connectivity index (χ0n) is 9.71. The van der Waals surface area contributed by atoms with Crippen LogP contribution in [0.2, 0.25) is 0 Å². The number of fused-ring (bicyclic) bond motifs is 1. The highest BCUT2D eigenvalue weighted by atomic mass is 16.3. The number of aliphatic hydroxyl groups is 1. The topological polar surface area (TPSA) is 58.4 Å². The Balaban J connectivity index is 2.07. The Bertz CT molecular complexity index is 521. The van der Waals surface area contributed by atoms with Crippen molar-refractivity contribution < 1.29 is 9.90 Å². The first-order chi connectivity index (χ1) is 8.22. The second-order valence-corrected chi connectivity index (χ2v) is 3.90. The summed E-state index contributed by atoms with van der Waals surface area (Å²) in [5.74, 6) is -0.269. The number of amides is 1. The smallest absolute Gasteiger partial charge is 0.248 e. The van der Waals surface area contributed by atoms with Gasteiger partial charge in [0.25, 0.3) is 0 Å². The maximum Gasteiger partial charge on any atom is 0.248 e. The molecule has 0 aliphatic carbocycles. The summed E-state index contributed by atoms with van der Waals surface area (Å²) in [4.78, 5) is 17.0. The monoisotopic (exact) mass is 233 g/mol.